The number of aromatic nitrogens is 4. The molecule has 0 fully saturated rings. The van der Waals surface area contributed by atoms with Gasteiger partial charge in [0, 0.05) is 72.4 Å². The van der Waals surface area contributed by atoms with Crippen molar-refractivity contribution in [3.05, 3.63) is 83.1 Å². The quantitative estimate of drug-likeness (QED) is 0.152. The van der Waals surface area contributed by atoms with Crippen molar-refractivity contribution in [2.24, 2.45) is 0 Å². The SMILES string of the molecule is C=CC(=O)N1Cc2cc(-c3nc(-c4cnc5c(c4)CN(C)C5=O)c4ccsc4c3-c3c(F)cc(F)cc3OCCOC)nn2C(C)C1. The monoisotopic (exact) mass is 656 g/mol. The summed E-state index contributed by atoms with van der Waals surface area (Å²) >= 11 is 1.38. The molecule has 5 aromatic rings. The van der Waals surface area contributed by atoms with Crippen LogP contribution >= 0.6 is 11.3 Å². The van der Waals surface area contributed by atoms with Gasteiger partial charge in [0.05, 0.1) is 36.1 Å². The van der Waals surface area contributed by atoms with Crippen LogP contribution in [0.5, 0.6) is 5.75 Å². The number of hydrogen-bond donors (Lipinski definition) is 0. The number of halogens is 2. The third-order valence-corrected chi connectivity index (χ3v) is 9.35. The lowest BCUT2D eigenvalue weighted by Crippen LogP contribution is -2.39. The molecule has 0 aliphatic carbocycles. The van der Waals surface area contributed by atoms with Gasteiger partial charge in [0.2, 0.25) is 5.91 Å². The highest BCUT2D eigenvalue weighted by Crippen LogP contribution is 2.47. The van der Waals surface area contributed by atoms with Gasteiger partial charge in [-0.05, 0) is 36.6 Å². The molecule has 7 rings (SSSR count). The molecule has 2 aliphatic rings. The minimum atomic E-state index is -0.816. The zero-order valence-electron chi connectivity index (χ0n) is 25.9. The van der Waals surface area contributed by atoms with Crippen molar-refractivity contribution < 1.29 is 27.8 Å². The number of fused-ring (bicyclic) bond motifs is 3. The van der Waals surface area contributed by atoms with Crippen LogP contribution in [0.4, 0.5) is 8.78 Å². The Morgan fingerprint density at radius 1 is 1.13 bits per heavy atom. The van der Waals surface area contributed by atoms with E-state index in [0.29, 0.717) is 58.2 Å². The Morgan fingerprint density at radius 2 is 1.96 bits per heavy atom. The molecule has 0 radical (unpaired) electrons. The van der Waals surface area contributed by atoms with Crippen molar-refractivity contribution >= 4 is 33.2 Å². The van der Waals surface area contributed by atoms with Gasteiger partial charge in [-0.2, -0.15) is 5.10 Å². The summed E-state index contributed by atoms with van der Waals surface area (Å²) in [5, 5.41) is 7.54. The Bertz CT molecular complexity index is 2090. The summed E-state index contributed by atoms with van der Waals surface area (Å²) in [6.07, 6.45) is 2.91. The molecule has 1 atom stereocenters. The first-order valence-electron chi connectivity index (χ1n) is 15.0. The minimum Gasteiger partial charge on any atom is -0.490 e. The van der Waals surface area contributed by atoms with Gasteiger partial charge >= 0.3 is 0 Å². The molecular formula is C34H30F2N6O4S. The van der Waals surface area contributed by atoms with E-state index in [0.717, 1.165) is 28.8 Å². The lowest BCUT2D eigenvalue weighted by atomic mass is 9.96. The van der Waals surface area contributed by atoms with Gasteiger partial charge in [-0.25, -0.2) is 13.8 Å². The number of pyridine rings is 2. The zero-order valence-corrected chi connectivity index (χ0v) is 26.7. The van der Waals surface area contributed by atoms with Crippen LogP contribution in [-0.4, -0.2) is 75.3 Å². The maximum Gasteiger partial charge on any atom is 0.272 e. The second-order valence-corrected chi connectivity index (χ2v) is 12.5. The number of hydrogen-bond acceptors (Lipinski definition) is 8. The Balaban J connectivity index is 1.49. The second-order valence-electron chi connectivity index (χ2n) is 11.6. The number of nitrogens with zero attached hydrogens (tertiary/aromatic N) is 6. The number of carbonyl (C=O) groups is 2. The highest BCUT2D eigenvalue weighted by molar-refractivity contribution is 7.18. The molecule has 1 aromatic carbocycles. The van der Waals surface area contributed by atoms with Crippen molar-refractivity contribution in [3.8, 4) is 39.5 Å². The van der Waals surface area contributed by atoms with Crippen molar-refractivity contribution in [1.82, 2.24) is 29.5 Å². The number of methoxy groups -OCH3 is 1. The Morgan fingerprint density at radius 3 is 2.74 bits per heavy atom. The second kappa shape index (κ2) is 12.0. The van der Waals surface area contributed by atoms with Gasteiger partial charge in [-0.3, -0.25) is 19.3 Å². The van der Waals surface area contributed by atoms with Gasteiger partial charge in [0.1, 0.15) is 41.1 Å². The molecule has 240 valence electrons. The summed E-state index contributed by atoms with van der Waals surface area (Å²) in [6, 6.07) is 7.47. The van der Waals surface area contributed by atoms with Crippen LogP contribution in [0.15, 0.2) is 54.6 Å². The van der Waals surface area contributed by atoms with Gasteiger partial charge in [-0.1, -0.05) is 6.58 Å². The van der Waals surface area contributed by atoms with Gasteiger partial charge in [0.15, 0.2) is 0 Å². The lowest BCUT2D eigenvalue weighted by Gasteiger charge is -2.31. The molecule has 1 unspecified atom stereocenters. The fourth-order valence-electron chi connectivity index (χ4n) is 6.27. The fraction of sp³-hybridized carbons (Fsp3) is 0.265. The van der Waals surface area contributed by atoms with Gasteiger partial charge < -0.3 is 19.3 Å². The van der Waals surface area contributed by atoms with E-state index in [4.69, 9.17) is 19.6 Å². The van der Waals surface area contributed by atoms with Crippen LogP contribution in [0.2, 0.25) is 0 Å². The standard InChI is InChI=1S/C34H30F2N6O4S/c1-5-27(43)41-15-18(2)42-22(17-41)13-25(39-42)32-29(28-24(36)11-21(35)12-26(28)46-8-7-45-4)33-23(6-9-47-33)30(38-32)19-10-20-16-40(3)34(44)31(20)37-14-19/h5-6,9-14,18H,1,7-8,15-17H2,2-4H3. The van der Waals surface area contributed by atoms with Crippen molar-refractivity contribution in [3.63, 3.8) is 0 Å². The summed E-state index contributed by atoms with van der Waals surface area (Å²) in [6.45, 7) is 7.02. The van der Waals surface area contributed by atoms with Crippen LogP contribution < -0.4 is 4.74 Å². The molecule has 4 aromatic heterocycles. The smallest absolute Gasteiger partial charge is 0.272 e. The van der Waals surface area contributed by atoms with E-state index in [1.165, 1.54) is 24.5 Å². The van der Waals surface area contributed by atoms with Gasteiger partial charge in [-0.15, -0.1) is 11.3 Å². The highest BCUT2D eigenvalue weighted by atomic mass is 32.1. The fourth-order valence-corrected chi connectivity index (χ4v) is 7.21. The predicted octanol–water partition coefficient (Wildman–Crippen LogP) is 5.87. The molecule has 0 saturated carbocycles. The Kier molecular flexibility index (Phi) is 7.80. The van der Waals surface area contributed by atoms with Crippen molar-refractivity contribution in [2.75, 3.05) is 33.9 Å². The normalized spacial score (nSPS) is 15.7. The number of rotatable bonds is 8. The first-order valence-corrected chi connectivity index (χ1v) is 15.8. The first kappa shape index (κ1) is 30.6. The summed E-state index contributed by atoms with van der Waals surface area (Å²) in [5.41, 5.74) is 4.44. The number of thiophene rings is 1. The summed E-state index contributed by atoms with van der Waals surface area (Å²) in [5.74, 6) is -1.93. The molecule has 0 saturated heterocycles. The lowest BCUT2D eigenvalue weighted by molar-refractivity contribution is -0.127. The Hall–Kier alpha value is -5.01. The maximum absolute atomic E-state index is 16.1. The molecule has 0 N–H and O–H groups in total. The van der Waals surface area contributed by atoms with E-state index >= 15 is 4.39 Å². The number of ether oxygens (including phenoxy) is 2. The van der Waals surface area contributed by atoms with Crippen LogP contribution in [0.1, 0.15) is 34.7 Å². The number of carbonyl (C=O) groups excluding carboxylic acids is 2. The molecule has 2 aliphatic heterocycles. The maximum atomic E-state index is 16.1. The molecular weight excluding hydrogens is 626 g/mol. The summed E-state index contributed by atoms with van der Waals surface area (Å²) in [4.78, 5) is 38.0. The molecule has 0 bridgehead atoms. The molecule has 2 amide bonds. The van der Waals surface area contributed by atoms with E-state index in [1.807, 2.05) is 35.2 Å². The third-order valence-electron chi connectivity index (χ3n) is 8.42. The number of benzene rings is 1. The predicted molar refractivity (Wildman–Crippen MR) is 173 cm³/mol. The molecule has 47 heavy (non-hydrogen) atoms. The molecule has 6 heterocycles. The van der Waals surface area contributed by atoms with E-state index < -0.39 is 11.6 Å². The van der Waals surface area contributed by atoms with Crippen molar-refractivity contribution in [2.45, 2.75) is 26.1 Å². The number of amides is 2. The van der Waals surface area contributed by atoms with E-state index in [2.05, 4.69) is 11.6 Å². The highest BCUT2D eigenvalue weighted by Gasteiger charge is 2.31. The topological polar surface area (TPSA) is 103 Å². The van der Waals surface area contributed by atoms with Gasteiger partial charge in [0.25, 0.3) is 5.91 Å². The summed E-state index contributed by atoms with van der Waals surface area (Å²) in [7, 11) is 3.24. The van der Waals surface area contributed by atoms with E-state index in [9.17, 15) is 14.0 Å². The van der Waals surface area contributed by atoms with Crippen molar-refractivity contribution in [1.29, 1.82) is 0 Å². The largest absolute Gasteiger partial charge is 0.490 e. The molecule has 10 nitrogen and oxygen atoms in total. The van der Waals surface area contributed by atoms with Crippen LogP contribution in [0.3, 0.4) is 0 Å². The van der Waals surface area contributed by atoms with E-state index in [1.54, 1.807) is 23.0 Å². The third kappa shape index (κ3) is 5.25. The molecule has 13 heteroatoms. The molecule has 0 spiro atoms. The zero-order chi connectivity index (χ0) is 33.0. The van der Waals surface area contributed by atoms with E-state index in [-0.39, 0.29) is 42.4 Å². The van der Waals surface area contributed by atoms with Crippen LogP contribution in [0.25, 0.3) is 43.9 Å². The minimum absolute atomic E-state index is 0.00546. The average molecular weight is 657 g/mol. The van der Waals surface area contributed by atoms with Crippen LogP contribution in [0, 0.1) is 11.6 Å². The average Bonchev–Trinajstić information content (AvgIpc) is 3.78. The van der Waals surface area contributed by atoms with Crippen LogP contribution in [-0.2, 0) is 22.6 Å². The first-order chi connectivity index (χ1) is 22.7. The Labute approximate surface area is 272 Å². The summed E-state index contributed by atoms with van der Waals surface area (Å²) < 4.78 is 44.2.